The summed E-state index contributed by atoms with van der Waals surface area (Å²) in [7, 11) is 0. The van der Waals surface area contributed by atoms with Gasteiger partial charge in [0.05, 0.1) is 16.6 Å². The molecule has 1 N–H and O–H groups in total. The van der Waals surface area contributed by atoms with Gasteiger partial charge in [0.15, 0.2) is 5.82 Å². The number of piperidine rings is 1. The number of nitrogens with zero attached hydrogens (tertiary/aromatic N) is 6. The molecule has 3 aromatic heterocycles. The normalized spacial score (nSPS) is 16.2. The number of anilines is 2. The van der Waals surface area contributed by atoms with Crippen molar-refractivity contribution in [1.29, 1.82) is 0 Å². The first-order valence-electron chi connectivity index (χ1n) is 10.6. The number of carbonyl (C=O) groups excluding carboxylic acids is 1. The highest BCUT2D eigenvalue weighted by Gasteiger charge is 2.27. The summed E-state index contributed by atoms with van der Waals surface area (Å²) >= 11 is 1.62. The quantitative estimate of drug-likeness (QED) is 0.500. The minimum atomic E-state index is -0.114. The second-order valence-electron chi connectivity index (χ2n) is 7.79. The number of amides is 1. The number of aryl methyl sites for hydroxylation is 1. The fraction of sp³-hybridized carbons (Fsp3) is 0.261. The third kappa shape index (κ3) is 4.38. The summed E-state index contributed by atoms with van der Waals surface area (Å²) < 4.78 is 1.70. The van der Waals surface area contributed by atoms with Gasteiger partial charge in [-0.05, 0) is 38.0 Å². The average Bonchev–Trinajstić information content (AvgIpc) is 3.52. The van der Waals surface area contributed by atoms with Gasteiger partial charge in [0.1, 0.15) is 12.1 Å². The molecule has 1 aliphatic rings. The van der Waals surface area contributed by atoms with E-state index < -0.39 is 0 Å². The Kier molecular flexibility index (Phi) is 5.64. The molecule has 1 atom stereocenters. The standard InChI is InChI=1S/C23H23N7OS/c1-16-27-20(14-32-16)17-5-2-7-19(11-17)28-23(31)18-6-3-9-29(13-18)21-12-22(25-15-24-21)30-10-4-8-26-30/h2,4-5,7-8,10-12,14-15,18H,3,6,9,13H2,1H3,(H,28,31)/t18-/m1/s1. The SMILES string of the molecule is Cc1nc(-c2cccc(NC(=O)[C@@H]3CCCN(c4cc(-n5cccn5)ncn4)C3)c2)cs1. The van der Waals surface area contributed by atoms with Crippen LogP contribution in [0.15, 0.2) is 60.5 Å². The Bertz CT molecular complexity index is 1220. The minimum absolute atomic E-state index is 0.0302. The largest absolute Gasteiger partial charge is 0.356 e. The highest BCUT2D eigenvalue weighted by Crippen LogP contribution is 2.26. The molecule has 1 amide bonds. The van der Waals surface area contributed by atoms with Gasteiger partial charge in [-0.1, -0.05) is 12.1 Å². The lowest BCUT2D eigenvalue weighted by Gasteiger charge is -2.32. The topological polar surface area (TPSA) is 88.8 Å². The third-order valence-corrected chi connectivity index (χ3v) is 6.31. The summed E-state index contributed by atoms with van der Waals surface area (Å²) in [4.78, 5) is 28.5. The van der Waals surface area contributed by atoms with E-state index in [1.54, 1.807) is 28.5 Å². The molecular formula is C23H23N7OS. The van der Waals surface area contributed by atoms with E-state index in [0.717, 1.165) is 47.2 Å². The van der Waals surface area contributed by atoms with Gasteiger partial charge in [0, 0.05) is 48.2 Å². The molecule has 0 radical (unpaired) electrons. The fourth-order valence-electron chi connectivity index (χ4n) is 3.94. The predicted octanol–water partition coefficient (Wildman–Crippen LogP) is 3.95. The van der Waals surface area contributed by atoms with Crippen molar-refractivity contribution in [3.63, 3.8) is 0 Å². The molecule has 1 aromatic carbocycles. The molecule has 8 nitrogen and oxygen atoms in total. The van der Waals surface area contributed by atoms with Crippen molar-refractivity contribution in [3.8, 4) is 17.1 Å². The molecule has 0 spiro atoms. The molecule has 9 heteroatoms. The Morgan fingerprint density at radius 1 is 1.19 bits per heavy atom. The summed E-state index contributed by atoms with van der Waals surface area (Å²) in [5, 5.41) is 10.4. The maximum atomic E-state index is 13.1. The maximum Gasteiger partial charge on any atom is 0.229 e. The number of hydrogen-bond donors (Lipinski definition) is 1. The van der Waals surface area contributed by atoms with Crippen LogP contribution in [-0.2, 0) is 4.79 Å². The van der Waals surface area contributed by atoms with Crippen LogP contribution in [0.1, 0.15) is 17.8 Å². The van der Waals surface area contributed by atoms with Crippen molar-refractivity contribution in [2.45, 2.75) is 19.8 Å². The number of nitrogens with one attached hydrogen (secondary N) is 1. The first-order valence-corrected chi connectivity index (χ1v) is 11.4. The average molecular weight is 446 g/mol. The van der Waals surface area contributed by atoms with Crippen molar-refractivity contribution in [2.75, 3.05) is 23.3 Å². The Balaban J connectivity index is 1.28. The monoisotopic (exact) mass is 445 g/mol. The Hall–Kier alpha value is -3.59. The van der Waals surface area contributed by atoms with Gasteiger partial charge in [-0.2, -0.15) is 5.10 Å². The second kappa shape index (κ2) is 8.88. The highest BCUT2D eigenvalue weighted by atomic mass is 32.1. The zero-order valence-electron chi connectivity index (χ0n) is 17.7. The first-order chi connectivity index (χ1) is 15.7. The molecule has 162 valence electrons. The number of thiazole rings is 1. The number of aromatic nitrogens is 5. The molecule has 0 aliphatic carbocycles. The van der Waals surface area contributed by atoms with Crippen LogP contribution >= 0.6 is 11.3 Å². The molecule has 0 saturated carbocycles. The van der Waals surface area contributed by atoms with Gasteiger partial charge in [0.2, 0.25) is 5.91 Å². The van der Waals surface area contributed by atoms with E-state index in [1.807, 2.05) is 54.9 Å². The third-order valence-electron chi connectivity index (χ3n) is 5.54. The zero-order valence-corrected chi connectivity index (χ0v) is 18.5. The summed E-state index contributed by atoms with van der Waals surface area (Å²) in [6, 6.07) is 11.6. The minimum Gasteiger partial charge on any atom is -0.356 e. The summed E-state index contributed by atoms with van der Waals surface area (Å²) in [5.41, 5.74) is 2.73. The predicted molar refractivity (Wildman–Crippen MR) is 125 cm³/mol. The number of carbonyl (C=O) groups is 1. The Labute approximate surface area is 190 Å². The van der Waals surface area contributed by atoms with E-state index in [0.29, 0.717) is 12.4 Å². The summed E-state index contributed by atoms with van der Waals surface area (Å²) in [5.74, 6) is 1.43. The van der Waals surface area contributed by atoms with Crippen molar-refractivity contribution >= 4 is 28.7 Å². The summed E-state index contributed by atoms with van der Waals surface area (Å²) in [6.45, 7) is 3.47. The Morgan fingerprint density at radius 3 is 2.91 bits per heavy atom. The lowest BCUT2D eigenvalue weighted by atomic mass is 9.97. The van der Waals surface area contributed by atoms with Gasteiger partial charge in [0.25, 0.3) is 0 Å². The van der Waals surface area contributed by atoms with Gasteiger partial charge in [-0.3, -0.25) is 4.79 Å². The van der Waals surface area contributed by atoms with Crippen molar-refractivity contribution in [2.24, 2.45) is 5.92 Å². The van der Waals surface area contributed by atoms with E-state index in [2.05, 4.69) is 30.3 Å². The van der Waals surface area contributed by atoms with Gasteiger partial charge >= 0.3 is 0 Å². The van der Waals surface area contributed by atoms with E-state index in [-0.39, 0.29) is 11.8 Å². The molecule has 5 rings (SSSR count). The fourth-order valence-corrected chi connectivity index (χ4v) is 4.56. The molecule has 4 aromatic rings. The lowest BCUT2D eigenvalue weighted by Crippen LogP contribution is -2.41. The number of benzene rings is 1. The molecule has 0 bridgehead atoms. The Morgan fingerprint density at radius 2 is 2.09 bits per heavy atom. The number of hydrogen-bond acceptors (Lipinski definition) is 7. The van der Waals surface area contributed by atoms with Gasteiger partial charge in [-0.25, -0.2) is 19.6 Å². The smallest absolute Gasteiger partial charge is 0.229 e. The van der Waals surface area contributed by atoms with Crippen LogP contribution < -0.4 is 10.2 Å². The van der Waals surface area contributed by atoms with Crippen LogP contribution in [0.25, 0.3) is 17.1 Å². The van der Waals surface area contributed by atoms with Gasteiger partial charge < -0.3 is 10.2 Å². The van der Waals surface area contributed by atoms with Crippen LogP contribution in [-0.4, -0.2) is 43.7 Å². The molecule has 1 saturated heterocycles. The maximum absolute atomic E-state index is 13.1. The molecule has 0 unspecified atom stereocenters. The molecule has 1 aliphatic heterocycles. The van der Waals surface area contributed by atoms with Crippen LogP contribution in [0.5, 0.6) is 0 Å². The lowest BCUT2D eigenvalue weighted by molar-refractivity contribution is -0.120. The van der Waals surface area contributed by atoms with Crippen LogP contribution in [0.2, 0.25) is 0 Å². The molecule has 4 heterocycles. The van der Waals surface area contributed by atoms with Crippen molar-refractivity contribution < 1.29 is 4.79 Å². The summed E-state index contributed by atoms with van der Waals surface area (Å²) in [6.07, 6.45) is 6.89. The van der Waals surface area contributed by atoms with Crippen LogP contribution in [0, 0.1) is 12.8 Å². The van der Waals surface area contributed by atoms with Crippen LogP contribution in [0.4, 0.5) is 11.5 Å². The van der Waals surface area contributed by atoms with E-state index in [9.17, 15) is 4.79 Å². The number of rotatable bonds is 5. The van der Waals surface area contributed by atoms with Gasteiger partial charge in [-0.15, -0.1) is 11.3 Å². The molecule has 32 heavy (non-hydrogen) atoms. The molecule has 1 fully saturated rings. The second-order valence-corrected chi connectivity index (χ2v) is 8.85. The molecular weight excluding hydrogens is 422 g/mol. The zero-order chi connectivity index (χ0) is 21.9. The van der Waals surface area contributed by atoms with Crippen LogP contribution in [0.3, 0.4) is 0 Å². The van der Waals surface area contributed by atoms with Crippen molar-refractivity contribution in [1.82, 2.24) is 24.7 Å². The highest BCUT2D eigenvalue weighted by molar-refractivity contribution is 7.09. The van der Waals surface area contributed by atoms with Crippen molar-refractivity contribution in [3.05, 3.63) is 65.5 Å². The van der Waals surface area contributed by atoms with E-state index in [1.165, 1.54) is 0 Å². The first kappa shape index (κ1) is 20.3. The van der Waals surface area contributed by atoms with E-state index in [4.69, 9.17) is 0 Å². The van der Waals surface area contributed by atoms with E-state index >= 15 is 0 Å².